The summed E-state index contributed by atoms with van der Waals surface area (Å²) in [5.41, 5.74) is 6.07. The largest absolute Gasteiger partial charge is 0.355 e. The summed E-state index contributed by atoms with van der Waals surface area (Å²) in [6.45, 7) is 6.41. The highest BCUT2D eigenvalue weighted by molar-refractivity contribution is 7.14. The maximum Gasteiger partial charge on any atom is 0.183 e. The summed E-state index contributed by atoms with van der Waals surface area (Å²) in [4.78, 5) is 4.76. The normalized spacial score (nSPS) is 12.1. The van der Waals surface area contributed by atoms with Gasteiger partial charge < -0.3 is 5.32 Å². The van der Waals surface area contributed by atoms with E-state index in [0.29, 0.717) is 0 Å². The fraction of sp³-hybridized carbons (Fsp3) is 0.211. The molecule has 3 rings (SSSR count). The van der Waals surface area contributed by atoms with Crippen LogP contribution in [0.4, 0.5) is 5.13 Å². The van der Waals surface area contributed by atoms with Gasteiger partial charge in [0.25, 0.3) is 0 Å². The first-order valence-electron chi connectivity index (χ1n) is 7.48. The molecule has 2 nitrogen and oxygen atoms in total. The Labute approximate surface area is 135 Å². The minimum absolute atomic E-state index is 0.249. The molecule has 0 aliphatic rings. The van der Waals surface area contributed by atoms with Crippen LogP contribution in [0.5, 0.6) is 0 Å². The molecule has 0 aliphatic carbocycles. The number of nitrogens with one attached hydrogen (secondary N) is 1. The lowest BCUT2D eigenvalue weighted by Gasteiger charge is -2.12. The Hall–Kier alpha value is -2.13. The van der Waals surface area contributed by atoms with Gasteiger partial charge in [-0.3, -0.25) is 0 Å². The van der Waals surface area contributed by atoms with Crippen LogP contribution in [0.2, 0.25) is 0 Å². The lowest BCUT2D eigenvalue weighted by molar-refractivity contribution is 0.882. The zero-order chi connectivity index (χ0) is 15.5. The molecule has 112 valence electrons. The minimum Gasteiger partial charge on any atom is -0.355 e. The van der Waals surface area contributed by atoms with Gasteiger partial charge in [-0.15, -0.1) is 11.3 Å². The van der Waals surface area contributed by atoms with Crippen molar-refractivity contribution in [2.24, 2.45) is 0 Å². The van der Waals surface area contributed by atoms with E-state index < -0.39 is 0 Å². The second kappa shape index (κ2) is 6.32. The summed E-state index contributed by atoms with van der Waals surface area (Å²) in [7, 11) is 0. The van der Waals surface area contributed by atoms with Gasteiger partial charge in [-0.2, -0.15) is 0 Å². The molecule has 3 aromatic rings. The highest BCUT2D eigenvalue weighted by Gasteiger charge is 2.10. The maximum absolute atomic E-state index is 4.76. The first-order chi connectivity index (χ1) is 10.6. The summed E-state index contributed by atoms with van der Waals surface area (Å²) >= 11 is 1.66. The number of aryl methyl sites for hydroxylation is 2. The van der Waals surface area contributed by atoms with Gasteiger partial charge in [0, 0.05) is 10.9 Å². The SMILES string of the molecule is Cc1ccc(C)c(-c2csc(N[C@H](C)c3ccccc3)n2)c1. The number of hydrogen-bond acceptors (Lipinski definition) is 3. The van der Waals surface area contributed by atoms with E-state index in [1.807, 2.05) is 6.07 Å². The lowest BCUT2D eigenvalue weighted by Crippen LogP contribution is -2.05. The van der Waals surface area contributed by atoms with Crippen LogP contribution in [0.3, 0.4) is 0 Å². The van der Waals surface area contributed by atoms with Gasteiger partial charge >= 0.3 is 0 Å². The third-order valence-corrected chi connectivity index (χ3v) is 4.59. The van der Waals surface area contributed by atoms with Gasteiger partial charge in [0.15, 0.2) is 5.13 Å². The van der Waals surface area contributed by atoms with Crippen LogP contribution in [0.1, 0.15) is 29.7 Å². The van der Waals surface area contributed by atoms with Crippen LogP contribution in [0, 0.1) is 13.8 Å². The molecule has 0 amide bonds. The first kappa shape index (κ1) is 14.8. The van der Waals surface area contributed by atoms with Gasteiger partial charge in [0.1, 0.15) is 0 Å². The van der Waals surface area contributed by atoms with Crippen LogP contribution in [-0.2, 0) is 0 Å². The Morgan fingerprint density at radius 1 is 1.05 bits per heavy atom. The van der Waals surface area contributed by atoms with Crippen molar-refractivity contribution in [3.63, 3.8) is 0 Å². The van der Waals surface area contributed by atoms with E-state index in [0.717, 1.165) is 10.8 Å². The van der Waals surface area contributed by atoms with Crippen LogP contribution >= 0.6 is 11.3 Å². The van der Waals surface area contributed by atoms with Crippen molar-refractivity contribution in [2.45, 2.75) is 26.8 Å². The van der Waals surface area contributed by atoms with Gasteiger partial charge in [-0.25, -0.2) is 4.98 Å². The predicted octanol–water partition coefficient (Wildman–Crippen LogP) is 5.60. The van der Waals surface area contributed by atoms with E-state index in [9.17, 15) is 0 Å². The van der Waals surface area contributed by atoms with Crippen molar-refractivity contribution in [1.82, 2.24) is 4.98 Å². The topological polar surface area (TPSA) is 24.9 Å². The Kier molecular flexibility index (Phi) is 4.25. The molecular formula is C19H20N2S. The number of nitrogens with zero attached hydrogens (tertiary/aromatic N) is 1. The van der Waals surface area contributed by atoms with Crippen molar-refractivity contribution < 1.29 is 0 Å². The molecule has 1 atom stereocenters. The molecule has 1 heterocycles. The second-order valence-corrected chi connectivity index (χ2v) is 6.49. The molecule has 0 saturated heterocycles. The molecule has 2 aromatic carbocycles. The molecule has 0 radical (unpaired) electrons. The standard InChI is InChI=1S/C19H20N2S/c1-13-9-10-14(2)17(11-13)18-12-22-19(21-18)20-15(3)16-7-5-4-6-8-16/h4-12,15H,1-3H3,(H,20,21)/t15-/m1/s1. The van der Waals surface area contributed by atoms with E-state index in [1.165, 1.54) is 22.3 Å². The van der Waals surface area contributed by atoms with Crippen LogP contribution in [0.25, 0.3) is 11.3 Å². The first-order valence-corrected chi connectivity index (χ1v) is 8.36. The molecular weight excluding hydrogens is 288 g/mol. The Bertz CT molecular complexity index is 762. The number of thiazole rings is 1. The molecule has 0 bridgehead atoms. The zero-order valence-electron chi connectivity index (χ0n) is 13.1. The van der Waals surface area contributed by atoms with E-state index >= 15 is 0 Å². The molecule has 3 heteroatoms. The predicted molar refractivity (Wildman–Crippen MR) is 95.5 cm³/mol. The minimum atomic E-state index is 0.249. The smallest absolute Gasteiger partial charge is 0.183 e. The molecule has 22 heavy (non-hydrogen) atoms. The number of hydrogen-bond donors (Lipinski definition) is 1. The van der Waals surface area contributed by atoms with Crippen molar-refractivity contribution in [3.8, 4) is 11.3 Å². The van der Waals surface area contributed by atoms with Gasteiger partial charge in [0.05, 0.1) is 11.7 Å². The second-order valence-electron chi connectivity index (χ2n) is 5.63. The third kappa shape index (κ3) is 3.20. The lowest BCUT2D eigenvalue weighted by atomic mass is 10.0. The molecule has 0 fully saturated rings. The van der Waals surface area contributed by atoms with Crippen molar-refractivity contribution in [3.05, 3.63) is 70.6 Å². The molecule has 1 aromatic heterocycles. The highest BCUT2D eigenvalue weighted by Crippen LogP contribution is 2.30. The monoisotopic (exact) mass is 308 g/mol. The van der Waals surface area contributed by atoms with Gasteiger partial charge in [-0.05, 0) is 38.0 Å². The molecule has 0 aliphatic heterocycles. The summed E-state index contributed by atoms with van der Waals surface area (Å²) < 4.78 is 0. The van der Waals surface area contributed by atoms with Crippen molar-refractivity contribution >= 4 is 16.5 Å². The number of aromatic nitrogens is 1. The van der Waals surface area contributed by atoms with E-state index in [1.54, 1.807) is 11.3 Å². The van der Waals surface area contributed by atoms with Gasteiger partial charge in [-0.1, -0.05) is 48.0 Å². The quantitative estimate of drug-likeness (QED) is 0.678. The number of rotatable bonds is 4. The van der Waals surface area contributed by atoms with Crippen molar-refractivity contribution in [1.29, 1.82) is 0 Å². The summed E-state index contributed by atoms with van der Waals surface area (Å²) in [6, 6.07) is 17.2. The van der Waals surface area contributed by atoms with Crippen LogP contribution in [-0.4, -0.2) is 4.98 Å². The third-order valence-electron chi connectivity index (χ3n) is 3.81. The number of benzene rings is 2. The maximum atomic E-state index is 4.76. The fourth-order valence-corrected chi connectivity index (χ4v) is 3.28. The summed E-state index contributed by atoms with van der Waals surface area (Å²) in [5.74, 6) is 0. The molecule has 0 unspecified atom stereocenters. The Balaban J connectivity index is 1.81. The highest BCUT2D eigenvalue weighted by atomic mass is 32.1. The molecule has 0 saturated carbocycles. The summed E-state index contributed by atoms with van der Waals surface area (Å²) in [6.07, 6.45) is 0. The number of anilines is 1. The van der Waals surface area contributed by atoms with Crippen molar-refractivity contribution in [2.75, 3.05) is 5.32 Å². The van der Waals surface area contributed by atoms with Crippen LogP contribution in [0.15, 0.2) is 53.9 Å². The fourth-order valence-electron chi connectivity index (χ4n) is 2.49. The van der Waals surface area contributed by atoms with E-state index in [-0.39, 0.29) is 6.04 Å². The Morgan fingerprint density at radius 2 is 1.82 bits per heavy atom. The Morgan fingerprint density at radius 3 is 2.59 bits per heavy atom. The molecule has 1 N–H and O–H groups in total. The van der Waals surface area contributed by atoms with E-state index in [4.69, 9.17) is 4.98 Å². The average molecular weight is 308 g/mol. The zero-order valence-corrected chi connectivity index (χ0v) is 13.9. The average Bonchev–Trinajstić information content (AvgIpc) is 2.99. The summed E-state index contributed by atoms with van der Waals surface area (Å²) in [5, 5.41) is 6.58. The van der Waals surface area contributed by atoms with Gasteiger partial charge in [0.2, 0.25) is 0 Å². The van der Waals surface area contributed by atoms with Crippen LogP contribution < -0.4 is 5.32 Å². The molecule has 0 spiro atoms. The van der Waals surface area contributed by atoms with E-state index in [2.05, 4.69) is 73.9 Å².